The van der Waals surface area contributed by atoms with Gasteiger partial charge in [-0.1, -0.05) is 0 Å². The van der Waals surface area contributed by atoms with Crippen molar-refractivity contribution in [2.45, 2.75) is 43.6 Å². The summed E-state index contributed by atoms with van der Waals surface area (Å²) < 4.78 is 167. The number of nitrogens with zero attached hydrogens (tertiary/aromatic N) is 2. The monoisotopic (exact) mass is 540 g/mol. The zero-order valence-corrected chi connectivity index (χ0v) is 18.7. The molecule has 196 valence electrons. The second-order valence-corrected chi connectivity index (χ2v) is 9.58. The smallest absolute Gasteiger partial charge is 0.425 e. The second-order valence-electron chi connectivity index (χ2n) is 6.06. The van der Waals surface area contributed by atoms with Crippen molar-refractivity contribution in [1.82, 2.24) is 0 Å². The van der Waals surface area contributed by atoms with Crippen molar-refractivity contribution in [3.8, 4) is 0 Å². The van der Waals surface area contributed by atoms with Crippen LogP contribution in [0.5, 0.6) is 0 Å². The Kier molecular flexibility index (Phi) is 11.4. The van der Waals surface area contributed by atoms with Crippen LogP contribution in [0.2, 0.25) is 0 Å². The van der Waals surface area contributed by atoms with Crippen LogP contribution in [0.4, 0.5) is 43.9 Å². The van der Waals surface area contributed by atoms with Crippen molar-refractivity contribution in [2.24, 2.45) is 0 Å². The third-order valence-corrected chi connectivity index (χ3v) is 7.62. The fourth-order valence-corrected chi connectivity index (χ4v) is 4.31. The van der Waals surface area contributed by atoms with E-state index in [0.29, 0.717) is 4.13 Å². The molecule has 0 spiro atoms. The summed E-state index contributed by atoms with van der Waals surface area (Å²) in [5, 5.41) is -14.0. The highest BCUT2D eigenvalue weighted by Gasteiger charge is 2.68. The highest BCUT2D eigenvalue weighted by molar-refractivity contribution is 8.13. The van der Waals surface area contributed by atoms with Crippen LogP contribution in [0.3, 0.4) is 0 Å². The second kappa shape index (κ2) is 11.0. The average Bonchev–Trinajstić information content (AvgIpc) is 2.61. The lowest BCUT2D eigenvalue weighted by molar-refractivity contribution is -0.923. The Morgan fingerprint density at radius 1 is 0.688 bits per heavy atom. The van der Waals surface area contributed by atoms with Crippen molar-refractivity contribution in [3.05, 3.63) is 4.13 Å². The van der Waals surface area contributed by atoms with Crippen LogP contribution in [-0.2, 0) is 24.8 Å². The third-order valence-electron chi connectivity index (χ3n) is 4.29. The van der Waals surface area contributed by atoms with Crippen molar-refractivity contribution in [2.75, 3.05) is 39.9 Å². The number of hydrogen-bond donors (Lipinski definition) is 0. The highest BCUT2D eigenvalue weighted by Crippen LogP contribution is 2.47. The van der Waals surface area contributed by atoms with Gasteiger partial charge >= 0.3 is 22.9 Å². The van der Waals surface area contributed by atoms with E-state index in [9.17, 15) is 60.7 Å². The molecule has 7 nitrogen and oxygen atoms in total. The van der Waals surface area contributed by atoms with Gasteiger partial charge in [-0.15, -0.1) is 0 Å². The van der Waals surface area contributed by atoms with E-state index < -0.39 is 42.9 Å². The Bertz CT molecular complexity index is 729. The van der Waals surface area contributed by atoms with Crippen LogP contribution in [-0.4, -0.2) is 84.1 Å². The van der Waals surface area contributed by atoms with Crippen LogP contribution in [0.1, 0.15) is 20.8 Å². The molecule has 0 fully saturated rings. The van der Waals surface area contributed by atoms with Gasteiger partial charge in [0.2, 0.25) is 0 Å². The summed E-state index contributed by atoms with van der Waals surface area (Å²) in [4.78, 5) is 0. The summed E-state index contributed by atoms with van der Waals surface area (Å²) in [6.07, 6.45) is -14.0. The van der Waals surface area contributed by atoms with Crippen LogP contribution < -0.4 is 0 Å². The summed E-state index contributed by atoms with van der Waals surface area (Å²) >= 11 is 0. The molecule has 0 amide bonds. The molecular formula is C13H22F10N2O5S2. The maximum atomic E-state index is 12.3. The quantitative estimate of drug-likeness (QED) is 0.310. The molecule has 0 saturated heterocycles. The fraction of sp³-hybridized carbons (Fsp3) is 1.00. The van der Waals surface area contributed by atoms with E-state index in [4.69, 9.17) is 4.74 Å². The minimum Gasteiger partial charge on any atom is -0.425 e. The largest absolute Gasteiger partial charge is 0.467 e. The van der Waals surface area contributed by atoms with E-state index in [2.05, 4.69) is 20.8 Å². The van der Waals surface area contributed by atoms with E-state index in [0.717, 1.165) is 13.2 Å². The predicted octanol–water partition coefficient (Wildman–Crippen LogP) is 3.84. The molecule has 0 saturated carbocycles. The topological polar surface area (TPSA) is 91.6 Å². The molecule has 0 bridgehead atoms. The molecule has 0 aliphatic heterocycles. The normalized spacial score (nSPS) is 14.7. The Morgan fingerprint density at radius 2 is 0.969 bits per heavy atom. The first-order valence-corrected chi connectivity index (χ1v) is 11.3. The molecule has 0 aliphatic carbocycles. The Morgan fingerprint density at radius 3 is 1.16 bits per heavy atom. The van der Waals surface area contributed by atoms with E-state index in [1.54, 1.807) is 7.11 Å². The number of methoxy groups -OCH3 is 1. The van der Waals surface area contributed by atoms with Gasteiger partial charge in [0.05, 0.1) is 26.2 Å². The predicted molar refractivity (Wildman–Crippen MR) is 91.8 cm³/mol. The minimum absolute atomic E-state index is 0.422. The van der Waals surface area contributed by atoms with Gasteiger partial charge in [-0.25, -0.2) is 16.8 Å². The van der Waals surface area contributed by atoms with Crippen LogP contribution in [0, 0.1) is 0 Å². The van der Waals surface area contributed by atoms with Crippen molar-refractivity contribution in [3.63, 3.8) is 0 Å². The molecule has 0 heterocycles. The Balaban J connectivity index is 0. The van der Waals surface area contributed by atoms with E-state index in [-0.39, 0.29) is 0 Å². The van der Waals surface area contributed by atoms with Gasteiger partial charge in [-0.3, -0.25) is 0 Å². The number of quaternary nitrogens is 1. The summed E-state index contributed by atoms with van der Waals surface area (Å²) in [7, 11) is -13.5. The minimum atomic E-state index is -7.62. The summed E-state index contributed by atoms with van der Waals surface area (Å²) in [6, 6.07) is 0. The molecule has 0 atom stereocenters. The summed E-state index contributed by atoms with van der Waals surface area (Å²) in [5.41, 5.74) is 0. The molecule has 0 aliphatic rings. The van der Waals surface area contributed by atoms with Gasteiger partial charge < -0.3 is 13.3 Å². The number of alkyl halides is 10. The van der Waals surface area contributed by atoms with Crippen LogP contribution in [0.15, 0.2) is 0 Å². The lowest BCUT2D eigenvalue weighted by Gasteiger charge is -2.35. The number of ether oxygens (including phenoxy) is 1. The van der Waals surface area contributed by atoms with E-state index in [1.807, 2.05) is 0 Å². The molecule has 0 unspecified atom stereocenters. The van der Waals surface area contributed by atoms with Gasteiger partial charge in [-0.2, -0.15) is 43.9 Å². The van der Waals surface area contributed by atoms with Gasteiger partial charge in [0.1, 0.15) is 6.54 Å². The molecule has 0 rings (SSSR count). The van der Waals surface area contributed by atoms with Crippen LogP contribution in [0.25, 0.3) is 4.13 Å². The Labute approximate surface area is 178 Å². The zero-order chi connectivity index (χ0) is 26.4. The standard InChI is InChI=1S/C9H22NO.C4F10NO4S2/c1-5-10(6-2,7-3)8-9-11-4;5-1(6,7)3(11,12)20(16,17)15-21(18,19)4(13,14)2(8,9)10/h5-9H2,1-4H3;/q+1;-1. The van der Waals surface area contributed by atoms with E-state index >= 15 is 0 Å². The first-order valence-electron chi connectivity index (χ1n) is 8.41. The molecule has 32 heavy (non-hydrogen) atoms. The fourth-order valence-electron chi connectivity index (χ4n) is 1.95. The van der Waals surface area contributed by atoms with Gasteiger partial charge in [0.25, 0.3) is 0 Å². The number of rotatable bonds is 10. The van der Waals surface area contributed by atoms with Crippen molar-refractivity contribution < 1.29 is 70.0 Å². The lowest BCUT2D eigenvalue weighted by atomic mass is 10.3. The van der Waals surface area contributed by atoms with Crippen molar-refractivity contribution in [1.29, 1.82) is 0 Å². The third kappa shape index (κ3) is 7.56. The number of sulfonamides is 2. The lowest BCUT2D eigenvalue weighted by Crippen LogP contribution is -2.49. The Hall–Kier alpha value is -0.920. The van der Waals surface area contributed by atoms with Gasteiger partial charge in [-0.05, 0) is 20.8 Å². The molecule has 0 radical (unpaired) electrons. The van der Waals surface area contributed by atoms with Crippen LogP contribution >= 0.6 is 0 Å². The van der Waals surface area contributed by atoms with Crippen molar-refractivity contribution >= 4 is 20.0 Å². The molecule has 19 heteroatoms. The summed E-state index contributed by atoms with van der Waals surface area (Å²) in [5.74, 6) is 0. The first-order chi connectivity index (χ1) is 13.9. The highest BCUT2D eigenvalue weighted by atomic mass is 32.3. The average molecular weight is 540 g/mol. The maximum Gasteiger partial charge on any atom is 0.467 e. The maximum absolute atomic E-state index is 12.3. The molecule has 0 aromatic carbocycles. The number of hydrogen-bond acceptors (Lipinski definition) is 5. The molecule has 0 aromatic rings. The van der Waals surface area contributed by atoms with Gasteiger partial charge in [0.15, 0.2) is 20.0 Å². The molecular weight excluding hydrogens is 518 g/mol. The molecule has 0 aromatic heterocycles. The zero-order valence-electron chi connectivity index (χ0n) is 17.1. The number of halogens is 10. The molecule has 0 N–H and O–H groups in total. The van der Waals surface area contributed by atoms with E-state index in [1.165, 1.54) is 24.1 Å². The number of likely N-dealkylation sites (N-methyl/N-ethyl adjacent to an activating group) is 1. The first kappa shape index (κ1) is 33.3. The van der Waals surface area contributed by atoms with Gasteiger partial charge in [0, 0.05) is 7.11 Å². The summed E-state index contributed by atoms with van der Waals surface area (Å²) in [6.45, 7) is 12.5. The SMILES string of the molecule is CC[N+](CC)(CC)CCOC.O=S(=O)([N-]S(=O)(=O)C(F)(F)C(F)(F)F)C(F)(F)C(F)(F)F.